The molecule has 36 heavy (non-hydrogen) atoms. The fraction of sp³-hybridized carbons (Fsp3) is 0.583. The summed E-state index contributed by atoms with van der Waals surface area (Å²) in [6.45, 7) is 2.14. The first-order valence-corrected chi connectivity index (χ1v) is 11.9. The molecule has 194 valence electrons. The number of carbonyl (C=O) groups excluding carboxylic acids is 1. The van der Waals surface area contributed by atoms with Crippen molar-refractivity contribution in [3.05, 3.63) is 35.2 Å². The summed E-state index contributed by atoms with van der Waals surface area (Å²) in [5.74, 6) is -3.15. The van der Waals surface area contributed by atoms with Crippen molar-refractivity contribution in [3.63, 3.8) is 0 Å². The highest BCUT2D eigenvalue weighted by molar-refractivity contribution is 6.03. The van der Waals surface area contributed by atoms with Crippen LogP contribution in [0.15, 0.2) is 16.5 Å². The molecule has 1 spiro atoms. The number of nitrogens with one attached hydrogen (secondary N) is 1. The van der Waals surface area contributed by atoms with E-state index in [4.69, 9.17) is 13.9 Å². The Bertz CT molecular complexity index is 1150. The molecule has 0 radical (unpaired) electrons. The molecule has 1 aromatic carbocycles. The number of hydrogen-bond acceptors (Lipinski definition) is 6. The van der Waals surface area contributed by atoms with Gasteiger partial charge >= 0.3 is 6.18 Å². The van der Waals surface area contributed by atoms with E-state index in [2.05, 4.69) is 10.3 Å². The predicted octanol–water partition coefficient (Wildman–Crippen LogP) is 4.71. The summed E-state index contributed by atoms with van der Waals surface area (Å²) < 4.78 is 84.9. The first-order valence-electron chi connectivity index (χ1n) is 11.9. The van der Waals surface area contributed by atoms with Crippen LogP contribution in [0.2, 0.25) is 0 Å². The van der Waals surface area contributed by atoms with Crippen molar-refractivity contribution < 1.29 is 40.6 Å². The number of ether oxygens (including phenoxy) is 2. The molecule has 0 bridgehead atoms. The van der Waals surface area contributed by atoms with Crippen molar-refractivity contribution in [2.75, 3.05) is 36.5 Å². The van der Waals surface area contributed by atoms with E-state index in [1.807, 2.05) is 0 Å². The van der Waals surface area contributed by atoms with Gasteiger partial charge in [0, 0.05) is 42.9 Å². The van der Waals surface area contributed by atoms with E-state index in [0.29, 0.717) is 38.1 Å². The van der Waals surface area contributed by atoms with Gasteiger partial charge in [-0.15, -0.1) is 0 Å². The van der Waals surface area contributed by atoms with Gasteiger partial charge in [0.2, 0.25) is 0 Å². The van der Waals surface area contributed by atoms with E-state index in [0.717, 1.165) is 37.8 Å². The van der Waals surface area contributed by atoms with Crippen LogP contribution in [-0.2, 0) is 11.2 Å². The number of anilines is 2. The Morgan fingerprint density at radius 3 is 2.47 bits per heavy atom. The van der Waals surface area contributed by atoms with E-state index in [-0.39, 0.29) is 23.2 Å². The second-order valence-electron chi connectivity index (χ2n) is 10.4. The standard InChI is InChI=1S/C24H24F5N3O4/c25-16-6-14(7-17(26)20(16)35-15-4-12-3-13(12)5-15)30-21(33)19-18(8-24(27,28)29)36-22(31-19)32-9-23(10-32)1-2-34-11-23/h6-7,12-13,15H,1-5,8-11H2,(H,30,33)/t12-,13?,15?/m1/s1. The van der Waals surface area contributed by atoms with E-state index < -0.39 is 47.3 Å². The summed E-state index contributed by atoms with van der Waals surface area (Å²) in [6, 6.07) is 1.64. The Balaban J connectivity index is 1.18. The number of amides is 1. The number of fused-ring (bicyclic) bond motifs is 1. The zero-order chi connectivity index (χ0) is 25.2. The third-order valence-electron chi connectivity index (χ3n) is 7.51. The summed E-state index contributed by atoms with van der Waals surface area (Å²) in [7, 11) is 0. The van der Waals surface area contributed by atoms with Crippen LogP contribution >= 0.6 is 0 Å². The molecule has 1 amide bonds. The zero-order valence-electron chi connectivity index (χ0n) is 19.2. The number of halogens is 5. The summed E-state index contributed by atoms with van der Waals surface area (Å²) in [6.07, 6.45) is -2.96. The van der Waals surface area contributed by atoms with Gasteiger partial charge in [-0.2, -0.15) is 18.2 Å². The number of rotatable bonds is 6. The fourth-order valence-electron chi connectivity index (χ4n) is 5.61. The molecule has 4 fully saturated rings. The van der Waals surface area contributed by atoms with Gasteiger partial charge in [0.15, 0.2) is 23.1 Å². The van der Waals surface area contributed by atoms with Crippen LogP contribution in [0.1, 0.15) is 41.9 Å². The van der Waals surface area contributed by atoms with Gasteiger partial charge in [-0.1, -0.05) is 0 Å². The molecular formula is C24H24F5N3O4. The number of hydrogen-bond donors (Lipinski definition) is 1. The lowest BCUT2D eigenvalue weighted by Crippen LogP contribution is -2.57. The van der Waals surface area contributed by atoms with Gasteiger partial charge in [0.05, 0.1) is 12.7 Å². The average Bonchev–Trinajstić information content (AvgIpc) is 3.15. The quantitative estimate of drug-likeness (QED) is 0.564. The minimum atomic E-state index is -4.65. The lowest BCUT2D eigenvalue weighted by molar-refractivity contribution is -0.130. The Labute approximate surface area is 202 Å². The van der Waals surface area contributed by atoms with Crippen LogP contribution in [0.25, 0.3) is 0 Å². The highest BCUT2D eigenvalue weighted by Gasteiger charge is 2.48. The van der Waals surface area contributed by atoms with Gasteiger partial charge in [-0.05, 0) is 37.5 Å². The van der Waals surface area contributed by atoms with Crippen molar-refractivity contribution >= 4 is 17.6 Å². The SMILES string of the molecule is O=C(Nc1cc(F)c(OC2CC3C[C@@H]3C2)c(F)c1)c1nc(N2CC3(CCOC3)C2)oc1CC(F)(F)F. The minimum absolute atomic E-state index is 0.0844. The monoisotopic (exact) mass is 513 g/mol. The molecule has 12 heteroatoms. The number of alkyl halides is 3. The Hall–Kier alpha value is -2.89. The van der Waals surface area contributed by atoms with Crippen LogP contribution < -0.4 is 15.0 Å². The average molecular weight is 513 g/mol. The lowest BCUT2D eigenvalue weighted by Gasteiger charge is -2.46. The van der Waals surface area contributed by atoms with E-state index in [9.17, 15) is 26.7 Å². The minimum Gasteiger partial charge on any atom is -0.484 e. The normalized spacial score (nSPS) is 26.1. The highest BCUT2D eigenvalue weighted by atomic mass is 19.4. The van der Waals surface area contributed by atoms with Gasteiger partial charge in [-0.3, -0.25) is 4.79 Å². The maximum Gasteiger partial charge on any atom is 0.396 e. The largest absolute Gasteiger partial charge is 0.484 e. The second-order valence-corrected chi connectivity index (χ2v) is 10.4. The predicted molar refractivity (Wildman–Crippen MR) is 116 cm³/mol. The molecule has 2 saturated carbocycles. The lowest BCUT2D eigenvalue weighted by atomic mass is 9.80. The molecule has 7 nitrogen and oxygen atoms in total. The van der Waals surface area contributed by atoms with Crippen LogP contribution in [0.5, 0.6) is 5.75 Å². The smallest absolute Gasteiger partial charge is 0.396 e. The molecule has 4 aliphatic rings. The Morgan fingerprint density at radius 2 is 1.86 bits per heavy atom. The topological polar surface area (TPSA) is 76.8 Å². The van der Waals surface area contributed by atoms with E-state index in [1.54, 1.807) is 4.90 Å². The molecule has 3 heterocycles. The summed E-state index contributed by atoms with van der Waals surface area (Å²) in [4.78, 5) is 18.5. The van der Waals surface area contributed by atoms with E-state index >= 15 is 0 Å². The summed E-state index contributed by atoms with van der Waals surface area (Å²) in [5, 5.41) is 2.24. The van der Waals surface area contributed by atoms with E-state index in [1.165, 1.54) is 0 Å². The van der Waals surface area contributed by atoms with Crippen molar-refractivity contribution in [2.45, 2.75) is 44.4 Å². The fourth-order valence-corrected chi connectivity index (χ4v) is 5.61. The highest BCUT2D eigenvalue weighted by Crippen LogP contribution is 2.52. The van der Waals surface area contributed by atoms with Gasteiger partial charge in [0.25, 0.3) is 11.9 Å². The van der Waals surface area contributed by atoms with Gasteiger partial charge < -0.3 is 24.1 Å². The van der Waals surface area contributed by atoms with Crippen LogP contribution in [0.3, 0.4) is 0 Å². The Kier molecular flexibility index (Phi) is 5.43. The van der Waals surface area contributed by atoms with Crippen molar-refractivity contribution in [3.8, 4) is 5.75 Å². The Morgan fingerprint density at radius 1 is 1.17 bits per heavy atom. The third kappa shape index (κ3) is 4.51. The first-order chi connectivity index (χ1) is 17.1. The van der Waals surface area contributed by atoms with Crippen molar-refractivity contribution in [1.29, 1.82) is 0 Å². The van der Waals surface area contributed by atoms with Gasteiger partial charge in [0.1, 0.15) is 12.2 Å². The number of aromatic nitrogens is 1. The molecule has 2 aliphatic carbocycles. The molecule has 6 rings (SSSR count). The zero-order valence-corrected chi connectivity index (χ0v) is 19.2. The molecule has 2 saturated heterocycles. The molecule has 3 atom stereocenters. The summed E-state index contributed by atoms with van der Waals surface area (Å²) in [5.41, 5.74) is -0.943. The molecule has 1 N–H and O–H groups in total. The van der Waals surface area contributed by atoms with Crippen molar-refractivity contribution in [1.82, 2.24) is 4.98 Å². The summed E-state index contributed by atoms with van der Waals surface area (Å²) >= 11 is 0. The third-order valence-corrected chi connectivity index (χ3v) is 7.51. The van der Waals surface area contributed by atoms with Crippen LogP contribution in [0.4, 0.5) is 33.7 Å². The van der Waals surface area contributed by atoms with Gasteiger partial charge in [-0.25, -0.2) is 8.78 Å². The molecule has 2 unspecified atom stereocenters. The van der Waals surface area contributed by atoms with Crippen LogP contribution in [-0.4, -0.2) is 49.5 Å². The number of nitrogens with zero attached hydrogens (tertiary/aromatic N) is 2. The number of benzene rings is 1. The van der Waals surface area contributed by atoms with Crippen molar-refractivity contribution in [2.24, 2.45) is 17.3 Å². The maximum absolute atomic E-state index is 14.6. The number of oxazole rings is 1. The molecular weight excluding hydrogens is 489 g/mol. The first kappa shape index (κ1) is 23.5. The number of carbonyl (C=O) groups is 1. The molecule has 1 aromatic heterocycles. The molecule has 2 aromatic rings. The second kappa shape index (κ2) is 8.32. The molecule has 2 aliphatic heterocycles. The van der Waals surface area contributed by atoms with Crippen LogP contribution in [0, 0.1) is 28.9 Å². The maximum atomic E-state index is 14.6.